The van der Waals surface area contributed by atoms with Gasteiger partial charge in [-0.05, 0) is 37.3 Å². The molecular formula is C16H14FN3O4. The molecule has 1 aliphatic heterocycles. The van der Waals surface area contributed by atoms with Crippen LogP contribution >= 0.6 is 0 Å². The number of imide groups is 1. The first-order valence-electron chi connectivity index (χ1n) is 7.13. The summed E-state index contributed by atoms with van der Waals surface area (Å²) >= 11 is 0. The average Bonchev–Trinajstić information content (AvgIpc) is 3.12. The van der Waals surface area contributed by atoms with E-state index in [-0.39, 0.29) is 11.4 Å². The van der Waals surface area contributed by atoms with Crippen LogP contribution in [0.5, 0.6) is 0 Å². The van der Waals surface area contributed by atoms with E-state index < -0.39 is 35.7 Å². The van der Waals surface area contributed by atoms with Crippen LogP contribution in [0.15, 0.2) is 47.1 Å². The lowest BCUT2D eigenvalue weighted by atomic mass is 9.99. The first-order valence-corrected chi connectivity index (χ1v) is 7.13. The largest absolute Gasteiger partial charge is 0.466 e. The van der Waals surface area contributed by atoms with Gasteiger partial charge in [-0.3, -0.25) is 14.5 Å². The number of urea groups is 1. The van der Waals surface area contributed by atoms with Gasteiger partial charge in [0.05, 0.1) is 6.26 Å². The minimum absolute atomic E-state index is 0.237. The van der Waals surface area contributed by atoms with E-state index in [4.69, 9.17) is 4.42 Å². The molecule has 3 rings (SSSR count). The van der Waals surface area contributed by atoms with Crippen LogP contribution < -0.4 is 10.6 Å². The SMILES string of the molecule is CC1(c2ccco2)NC(=O)N(CC(=O)Nc2cccc(F)c2)C1=O. The summed E-state index contributed by atoms with van der Waals surface area (Å²) < 4.78 is 18.3. The molecule has 0 aliphatic carbocycles. The van der Waals surface area contributed by atoms with Gasteiger partial charge in [0.25, 0.3) is 5.91 Å². The second-order valence-electron chi connectivity index (χ2n) is 5.48. The number of hydrogen-bond donors (Lipinski definition) is 2. The van der Waals surface area contributed by atoms with E-state index in [1.54, 1.807) is 12.1 Å². The monoisotopic (exact) mass is 331 g/mol. The molecule has 0 spiro atoms. The lowest BCUT2D eigenvalue weighted by Gasteiger charge is -2.18. The van der Waals surface area contributed by atoms with Crippen LogP contribution in [0, 0.1) is 5.82 Å². The maximum absolute atomic E-state index is 13.1. The summed E-state index contributed by atoms with van der Waals surface area (Å²) in [6.07, 6.45) is 1.39. The molecule has 0 bridgehead atoms. The lowest BCUT2D eigenvalue weighted by Crippen LogP contribution is -2.41. The number of rotatable bonds is 4. The van der Waals surface area contributed by atoms with Crippen LogP contribution in [0.2, 0.25) is 0 Å². The standard InChI is InChI=1S/C16H14FN3O4/c1-16(12-6-3-7-24-12)14(22)20(15(23)19-16)9-13(21)18-11-5-2-4-10(17)8-11/h2-8H,9H2,1H3,(H,18,21)(H,19,23). The number of furan rings is 1. The number of nitrogens with one attached hydrogen (secondary N) is 2. The number of carbonyl (C=O) groups excluding carboxylic acids is 3. The second kappa shape index (κ2) is 5.80. The molecule has 1 atom stereocenters. The summed E-state index contributed by atoms with van der Waals surface area (Å²) in [4.78, 5) is 37.4. The molecule has 1 unspecified atom stereocenters. The average molecular weight is 331 g/mol. The van der Waals surface area contributed by atoms with Gasteiger partial charge in [0.2, 0.25) is 5.91 Å². The Morgan fingerprint density at radius 3 is 2.79 bits per heavy atom. The number of carbonyl (C=O) groups is 3. The number of nitrogens with zero attached hydrogens (tertiary/aromatic N) is 1. The fraction of sp³-hybridized carbons (Fsp3) is 0.188. The van der Waals surface area contributed by atoms with Crippen LogP contribution in [0.25, 0.3) is 0 Å². The third-order valence-electron chi connectivity index (χ3n) is 3.70. The van der Waals surface area contributed by atoms with Gasteiger partial charge in [-0.2, -0.15) is 0 Å². The number of halogens is 1. The third kappa shape index (κ3) is 2.73. The highest BCUT2D eigenvalue weighted by atomic mass is 19.1. The quantitative estimate of drug-likeness (QED) is 0.836. The predicted molar refractivity (Wildman–Crippen MR) is 81.3 cm³/mol. The Morgan fingerprint density at radius 2 is 2.12 bits per heavy atom. The van der Waals surface area contributed by atoms with Crippen molar-refractivity contribution >= 4 is 23.5 Å². The lowest BCUT2D eigenvalue weighted by molar-refractivity contribution is -0.134. The van der Waals surface area contributed by atoms with Crippen LogP contribution in [0.4, 0.5) is 14.9 Å². The Kier molecular flexibility index (Phi) is 3.80. The van der Waals surface area contributed by atoms with Crippen molar-refractivity contribution in [2.45, 2.75) is 12.5 Å². The van der Waals surface area contributed by atoms with Gasteiger partial charge >= 0.3 is 6.03 Å². The highest BCUT2D eigenvalue weighted by molar-refractivity contribution is 6.09. The molecule has 2 aromatic rings. The van der Waals surface area contributed by atoms with Crippen molar-refractivity contribution in [2.24, 2.45) is 0 Å². The summed E-state index contributed by atoms with van der Waals surface area (Å²) in [5.74, 6) is -1.45. The highest BCUT2D eigenvalue weighted by Gasteiger charge is 2.51. The van der Waals surface area contributed by atoms with E-state index in [2.05, 4.69) is 10.6 Å². The number of anilines is 1. The second-order valence-corrected chi connectivity index (χ2v) is 5.48. The fourth-order valence-corrected chi connectivity index (χ4v) is 2.48. The molecule has 8 heteroatoms. The number of amides is 4. The highest BCUT2D eigenvalue weighted by Crippen LogP contribution is 2.28. The van der Waals surface area contributed by atoms with Gasteiger partial charge in [-0.25, -0.2) is 9.18 Å². The van der Waals surface area contributed by atoms with Crippen LogP contribution in [-0.4, -0.2) is 29.3 Å². The summed E-state index contributed by atoms with van der Waals surface area (Å²) in [6.45, 7) is 1.01. The van der Waals surface area contributed by atoms with Crippen molar-refractivity contribution in [3.05, 3.63) is 54.2 Å². The Hall–Kier alpha value is -3.16. The van der Waals surface area contributed by atoms with Gasteiger partial charge in [0.15, 0.2) is 5.54 Å². The van der Waals surface area contributed by atoms with Crippen molar-refractivity contribution in [2.75, 3.05) is 11.9 Å². The predicted octanol–water partition coefficient (Wildman–Crippen LogP) is 1.82. The van der Waals surface area contributed by atoms with Crippen LogP contribution in [0.3, 0.4) is 0 Å². The molecule has 2 N–H and O–H groups in total. The molecule has 0 saturated carbocycles. The molecule has 1 aromatic carbocycles. The van der Waals surface area contributed by atoms with Gasteiger partial charge < -0.3 is 15.1 Å². The maximum atomic E-state index is 13.1. The minimum atomic E-state index is -1.36. The zero-order valence-electron chi connectivity index (χ0n) is 12.7. The van der Waals surface area contributed by atoms with E-state index in [0.717, 1.165) is 11.0 Å². The number of benzene rings is 1. The molecule has 4 amide bonds. The normalized spacial score (nSPS) is 20.2. The molecule has 1 fully saturated rings. The van der Waals surface area contributed by atoms with E-state index >= 15 is 0 Å². The molecular weight excluding hydrogens is 317 g/mol. The Balaban J connectivity index is 1.72. The van der Waals surface area contributed by atoms with Crippen LogP contribution in [-0.2, 0) is 15.1 Å². The topological polar surface area (TPSA) is 91.7 Å². The summed E-state index contributed by atoms with van der Waals surface area (Å²) in [6, 6.07) is 7.77. The molecule has 24 heavy (non-hydrogen) atoms. The van der Waals surface area contributed by atoms with Gasteiger partial charge in [0.1, 0.15) is 18.1 Å². The third-order valence-corrected chi connectivity index (χ3v) is 3.70. The van der Waals surface area contributed by atoms with Gasteiger partial charge in [-0.15, -0.1) is 0 Å². The molecule has 0 radical (unpaired) electrons. The molecule has 7 nitrogen and oxygen atoms in total. The van der Waals surface area contributed by atoms with E-state index in [0.29, 0.717) is 0 Å². The number of hydrogen-bond acceptors (Lipinski definition) is 4. The van der Waals surface area contributed by atoms with E-state index in [1.807, 2.05) is 0 Å². The maximum Gasteiger partial charge on any atom is 0.325 e. The summed E-state index contributed by atoms with van der Waals surface area (Å²) in [5.41, 5.74) is -1.12. The van der Waals surface area contributed by atoms with Gasteiger partial charge in [-0.1, -0.05) is 6.07 Å². The Bertz CT molecular complexity index is 805. The van der Waals surface area contributed by atoms with Crippen molar-refractivity contribution < 1.29 is 23.2 Å². The van der Waals surface area contributed by atoms with E-state index in [1.165, 1.54) is 31.4 Å². The zero-order valence-corrected chi connectivity index (χ0v) is 12.7. The van der Waals surface area contributed by atoms with Crippen LogP contribution in [0.1, 0.15) is 12.7 Å². The first-order chi connectivity index (χ1) is 11.4. The summed E-state index contributed by atoms with van der Waals surface area (Å²) in [7, 11) is 0. The molecule has 124 valence electrons. The minimum Gasteiger partial charge on any atom is -0.466 e. The van der Waals surface area contributed by atoms with Crippen molar-refractivity contribution in [1.82, 2.24) is 10.2 Å². The van der Waals surface area contributed by atoms with E-state index in [9.17, 15) is 18.8 Å². The van der Waals surface area contributed by atoms with Gasteiger partial charge in [0, 0.05) is 5.69 Å². The first kappa shape index (κ1) is 15.7. The molecule has 1 aliphatic rings. The van der Waals surface area contributed by atoms with Crippen molar-refractivity contribution in [3.63, 3.8) is 0 Å². The van der Waals surface area contributed by atoms with Crippen molar-refractivity contribution in [3.8, 4) is 0 Å². The smallest absolute Gasteiger partial charge is 0.325 e. The molecule has 1 saturated heterocycles. The Morgan fingerprint density at radius 1 is 1.33 bits per heavy atom. The Labute approximate surface area is 136 Å². The van der Waals surface area contributed by atoms with Crippen molar-refractivity contribution in [1.29, 1.82) is 0 Å². The summed E-state index contributed by atoms with van der Waals surface area (Å²) in [5, 5.41) is 4.95. The molecule has 2 heterocycles. The zero-order chi connectivity index (χ0) is 17.3. The molecule has 1 aromatic heterocycles. The fourth-order valence-electron chi connectivity index (χ4n) is 2.48.